The Balaban J connectivity index is 1.97. The molecular formula is C14H10N2O5S2. The first-order valence-electron chi connectivity index (χ1n) is 6.38. The van der Waals surface area contributed by atoms with Crippen molar-refractivity contribution in [2.45, 2.75) is 6.92 Å². The number of methoxy groups -OCH3 is 1. The smallest absolute Gasteiger partial charge is 0.396 e. The molecule has 0 saturated heterocycles. The first-order chi connectivity index (χ1) is 11.0. The van der Waals surface area contributed by atoms with Crippen molar-refractivity contribution in [2.24, 2.45) is 4.99 Å². The molecule has 0 bridgehead atoms. The summed E-state index contributed by atoms with van der Waals surface area (Å²) in [6.07, 6.45) is 1.62. The highest BCUT2D eigenvalue weighted by atomic mass is 32.2. The number of amidine groups is 1. The minimum absolute atomic E-state index is 0.245. The summed E-state index contributed by atoms with van der Waals surface area (Å²) in [5.41, 5.74) is 1.05. The van der Waals surface area contributed by atoms with E-state index in [1.54, 1.807) is 18.2 Å². The molecule has 23 heavy (non-hydrogen) atoms. The maximum atomic E-state index is 11.9. The third-order valence-corrected chi connectivity index (χ3v) is 4.52. The maximum Gasteiger partial charge on any atom is 0.396 e. The number of carbonyl (C=O) groups excluding carboxylic acids is 2. The molecule has 7 nitrogen and oxygen atoms in total. The van der Waals surface area contributed by atoms with Gasteiger partial charge in [-0.05, 0) is 35.5 Å². The van der Waals surface area contributed by atoms with Crippen LogP contribution in [0.25, 0.3) is 16.4 Å². The Kier molecular flexibility index (Phi) is 4.05. The van der Waals surface area contributed by atoms with Gasteiger partial charge in [-0.1, -0.05) is 11.3 Å². The van der Waals surface area contributed by atoms with Gasteiger partial charge in [0, 0.05) is 6.92 Å². The van der Waals surface area contributed by atoms with Gasteiger partial charge in [0.1, 0.15) is 0 Å². The Labute approximate surface area is 138 Å². The first kappa shape index (κ1) is 15.5. The number of nitrogens with one attached hydrogen (secondary N) is 1. The van der Waals surface area contributed by atoms with Crippen LogP contribution in [0.3, 0.4) is 0 Å². The molecule has 0 radical (unpaired) electrons. The van der Waals surface area contributed by atoms with Gasteiger partial charge in [-0.2, -0.15) is 4.99 Å². The Bertz CT molecular complexity index is 938. The summed E-state index contributed by atoms with van der Waals surface area (Å²) >= 11 is 2.03. The predicted molar refractivity (Wildman–Crippen MR) is 88.7 cm³/mol. The van der Waals surface area contributed by atoms with Crippen LogP contribution >= 0.6 is 23.1 Å². The summed E-state index contributed by atoms with van der Waals surface area (Å²) < 4.78 is 10.9. The zero-order valence-electron chi connectivity index (χ0n) is 12.0. The Morgan fingerprint density at radius 1 is 1.39 bits per heavy atom. The third kappa shape index (κ3) is 3.20. The molecule has 1 aliphatic heterocycles. The number of hydrogen-bond donors (Lipinski definition) is 1. The van der Waals surface area contributed by atoms with Crippen LogP contribution in [0.1, 0.15) is 12.5 Å². The topological polar surface area (TPSA) is 98.0 Å². The zero-order valence-corrected chi connectivity index (χ0v) is 13.7. The van der Waals surface area contributed by atoms with Crippen molar-refractivity contribution in [2.75, 3.05) is 7.11 Å². The van der Waals surface area contributed by atoms with E-state index < -0.39 is 10.8 Å². The molecular weight excluding hydrogens is 340 g/mol. The Hall–Kier alpha value is -2.39. The highest BCUT2D eigenvalue weighted by molar-refractivity contribution is 8.18. The van der Waals surface area contributed by atoms with E-state index >= 15 is 0 Å². The molecule has 1 aliphatic rings. The van der Waals surface area contributed by atoms with E-state index in [0.29, 0.717) is 26.5 Å². The average molecular weight is 350 g/mol. The van der Waals surface area contributed by atoms with Crippen LogP contribution in [-0.2, 0) is 9.59 Å². The second-order valence-corrected chi connectivity index (χ2v) is 6.53. The van der Waals surface area contributed by atoms with Crippen molar-refractivity contribution in [3.63, 3.8) is 0 Å². The molecule has 1 aromatic carbocycles. The SMILES string of the molecule is COc1cc(C=C2SC(NC(C)=O)=NC2=O)cc2sc(=O)oc12. The van der Waals surface area contributed by atoms with Gasteiger partial charge >= 0.3 is 4.94 Å². The van der Waals surface area contributed by atoms with E-state index in [0.717, 1.165) is 23.1 Å². The van der Waals surface area contributed by atoms with E-state index in [9.17, 15) is 14.4 Å². The van der Waals surface area contributed by atoms with Crippen LogP contribution in [-0.4, -0.2) is 24.1 Å². The van der Waals surface area contributed by atoms with Crippen molar-refractivity contribution < 1.29 is 18.7 Å². The molecule has 0 atom stereocenters. The standard InChI is InChI=1S/C14H10N2O5S2/c1-6(17)15-13-16-12(18)10(22-13)5-7-3-8(20-2)11-9(4-7)23-14(19)21-11/h3-5H,1-2H3,(H,15,16,17,18). The molecule has 0 saturated carbocycles. The number of rotatable bonds is 2. The highest BCUT2D eigenvalue weighted by Crippen LogP contribution is 2.32. The lowest BCUT2D eigenvalue weighted by atomic mass is 10.2. The lowest BCUT2D eigenvalue weighted by molar-refractivity contribution is -0.117. The number of hydrogen-bond acceptors (Lipinski definition) is 7. The van der Waals surface area contributed by atoms with Gasteiger partial charge in [-0.3, -0.25) is 9.59 Å². The predicted octanol–water partition coefficient (Wildman–Crippen LogP) is 1.97. The number of thioether (sulfide) groups is 1. The minimum Gasteiger partial charge on any atom is -0.493 e. The van der Waals surface area contributed by atoms with Gasteiger partial charge in [0.05, 0.1) is 16.7 Å². The zero-order chi connectivity index (χ0) is 16.6. The monoisotopic (exact) mass is 350 g/mol. The number of aliphatic imine (C=N–C) groups is 1. The molecule has 0 aliphatic carbocycles. The molecule has 0 fully saturated rings. The van der Waals surface area contributed by atoms with Crippen LogP contribution in [0.5, 0.6) is 5.75 Å². The molecule has 2 amide bonds. The van der Waals surface area contributed by atoms with E-state index in [2.05, 4.69) is 10.3 Å². The Morgan fingerprint density at radius 3 is 2.87 bits per heavy atom. The normalized spacial score (nSPS) is 16.0. The quantitative estimate of drug-likeness (QED) is 0.832. The second-order valence-electron chi connectivity index (χ2n) is 4.52. The number of nitrogens with zero attached hydrogens (tertiary/aromatic N) is 1. The van der Waals surface area contributed by atoms with Gasteiger partial charge < -0.3 is 14.5 Å². The van der Waals surface area contributed by atoms with Crippen LogP contribution in [0, 0.1) is 0 Å². The largest absolute Gasteiger partial charge is 0.493 e. The fraction of sp³-hybridized carbons (Fsp3) is 0.143. The van der Waals surface area contributed by atoms with Gasteiger partial charge in [-0.25, -0.2) is 4.79 Å². The molecule has 2 aromatic rings. The lowest BCUT2D eigenvalue weighted by Crippen LogP contribution is -2.23. The summed E-state index contributed by atoms with van der Waals surface area (Å²) in [6, 6.07) is 3.39. The number of amides is 2. The average Bonchev–Trinajstić information content (AvgIpc) is 2.99. The highest BCUT2D eigenvalue weighted by Gasteiger charge is 2.23. The van der Waals surface area contributed by atoms with Crippen molar-refractivity contribution in [1.82, 2.24) is 5.32 Å². The number of ether oxygens (including phenoxy) is 1. The summed E-state index contributed by atoms with van der Waals surface area (Å²) in [6.45, 7) is 1.34. The molecule has 2 heterocycles. The van der Waals surface area contributed by atoms with Crippen molar-refractivity contribution in [3.05, 3.63) is 32.3 Å². The third-order valence-electron chi connectivity index (χ3n) is 2.84. The molecule has 118 valence electrons. The summed E-state index contributed by atoms with van der Waals surface area (Å²) in [7, 11) is 1.47. The Morgan fingerprint density at radius 2 is 2.17 bits per heavy atom. The molecule has 1 N–H and O–H groups in total. The van der Waals surface area contributed by atoms with Crippen molar-refractivity contribution in [3.8, 4) is 5.75 Å². The van der Waals surface area contributed by atoms with Crippen LogP contribution < -0.4 is 15.0 Å². The van der Waals surface area contributed by atoms with E-state index in [-0.39, 0.29) is 11.1 Å². The van der Waals surface area contributed by atoms with Crippen LogP contribution in [0.4, 0.5) is 0 Å². The summed E-state index contributed by atoms with van der Waals surface area (Å²) in [4.78, 5) is 38.0. The number of fused-ring (bicyclic) bond motifs is 1. The van der Waals surface area contributed by atoms with E-state index in [4.69, 9.17) is 9.15 Å². The fourth-order valence-electron chi connectivity index (χ4n) is 1.97. The van der Waals surface area contributed by atoms with Gasteiger partial charge in [0.2, 0.25) is 5.91 Å². The first-order valence-corrected chi connectivity index (χ1v) is 8.01. The van der Waals surface area contributed by atoms with Gasteiger partial charge in [0.15, 0.2) is 16.5 Å². The summed E-state index contributed by atoms with van der Waals surface area (Å²) in [5.74, 6) is -0.319. The second kappa shape index (κ2) is 6.01. The lowest BCUT2D eigenvalue weighted by Gasteiger charge is -2.02. The fourth-order valence-corrected chi connectivity index (χ4v) is 3.56. The molecule has 9 heteroatoms. The van der Waals surface area contributed by atoms with Gasteiger partial charge in [0.25, 0.3) is 5.91 Å². The number of benzene rings is 1. The van der Waals surface area contributed by atoms with Gasteiger partial charge in [-0.15, -0.1) is 0 Å². The van der Waals surface area contributed by atoms with Crippen molar-refractivity contribution in [1.29, 1.82) is 0 Å². The van der Waals surface area contributed by atoms with Crippen molar-refractivity contribution >= 4 is 56.4 Å². The molecule has 3 rings (SSSR count). The van der Waals surface area contributed by atoms with Crippen LogP contribution in [0.2, 0.25) is 0 Å². The molecule has 0 unspecified atom stereocenters. The maximum absolute atomic E-state index is 11.9. The number of carbonyl (C=O) groups is 2. The molecule has 0 spiro atoms. The minimum atomic E-state index is -0.432. The summed E-state index contributed by atoms with van der Waals surface area (Å²) in [5, 5.41) is 2.72. The van der Waals surface area contributed by atoms with E-state index in [1.807, 2.05) is 0 Å². The van der Waals surface area contributed by atoms with Crippen LogP contribution in [0.15, 0.2) is 31.2 Å². The van der Waals surface area contributed by atoms with E-state index in [1.165, 1.54) is 14.0 Å². The molecule has 1 aromatic heterocycles.